The van der Waals surface area contributed by atoms with Crippen molar-refractivity contribution in [2.75, 3.05) is 11.9 Å². The van der Waals surface area contributed by atoms with Crippen molar-refractivity contribution < 1.29 is 0 Å². The molecule has 0 aliphatic rings. The van der Waals surface area contributed by atoms with E-state index in [1.807, 2.05) is 6.07 Å². The fourth-order valence-corrected chi connectivity index (χ4v) is 3.49. The summed E-state index contributed by atoms with van der Waals surface area (Å²) in [4.78, 5) is 11.2. The molecular weight excluding hydrogens is 330 g/mol. The summed E-state index contributed by atoms with van der Waals surface area (Å²) in [6, 6.07) is 12.6. The summed E-state index contributed by atoms with van der Waals surface area (Å²) < 4.78 is 0. The zero-order valence-corrected chi connectivity index (χ0v) is 14.9. The van der Waals surface area contributed by atoms with E-state index in [-0.39, 0.29) is 0 Å². The number of thiophene rings is 1. The quantitative estimate of drug-likeness (QED) is 0.443. The Labute approximate surface area is 151 Å². The highest BCUT2D eigenvalue weighted by Crippen LogP contribution is 2.29. The van der Waals surface area contributed by atoms with Gasteiger partial charge in [0.25, 0.3) is 0 Å². The van der Waals surface area contributed by atoms with E-state index in [0.29, 0.717) is 11.5 Å². The maximum atomic E-state index is 7.17. The maximum absolute atomic E-state index is 7.17. The minimum absolute atomic E-state index is 0.398. The molecule has 0 saturated heterocycles. The normalized spacial score (nSPS) is 11.6. The smallest absolute Gasteiger partial charge is 0.178 e. The zero-order chi connectivity index (χ0) is 17.6. The lowest BCUT2D eigenvalue weighted by Crippen LogP contribution is -2.09. The summed E-state index contributed by atoms with van der Waals surface area (Å²) in [5.41, 5.74) is 7.70. The number of benzene rings is 1. The number of allylic oxidation sites excluding steroid dienone is 1. The van der Waals surface area contributed by atoms with Gasteiger partial charge in [0.1, 0.15) is 10.6 Å². The topological polar surface area (TPSA) is 87.7 Å². The van der Waals surface area contributed by atoms with E-state index in [4.69, 9.17) is 11.1 Å². The van der Waals surface area contributed by atoms with Gasteiger partial charge in [0.2, 0.25) is 0 Å². The van der Waals surface area contributed by atoms with Gasteiger partial charge in [-0.05, 0) is 37.5 Å². The number of rotatable bonds is 7. The number of hydrogen-bond acceptors (Lipinski definition) is 6. The standard InChI is InChI=1S/C19H21N5S/c1-13-12-15-17(22-11-5-8-14-6-3-2-4-7-14)23-18(16(21)9-10-20)24-19(15)25-13/h2-4,6-7,9-10,12,20H,5,8,11,21H2,1H3,(H,22,23,24)/b16-9-,20-10?. The van der Waals surface area contributed by atoms with Gasteiger partial charge in [-0.3, -0.25) is 0 Å². The average Bonchev–Trinajstić information content (AvgIpc) is 3.00. The molecule has 0 saturated carbocycles. The van der Waals surface area contributed by atoms with Gasteiger partial charge in [0.05, 0.1) is 11.1 Å². The van der Waals surface area contributed by atoms with Gasteiger partial charge in [0.15, 0.2) is 5.82 Å². The van der Waals surface area contributed by atoms with Crippen LogP contribution in [0.3, 0.4) is 0 Å². The molecule has 25 heavy (non-hydrogen) atoms. The number of nitrogens with zero attached hydrogens (tertiary/aromatic N) is 2. The fourth-order valence-electron chi connectivity index (χ4n) is 2.61. The second-order valence-corrected chi connectivity index (χ2v) is 7.01. The van der Waals surface area contributed by atoms with Crippen LogP contribution < -0.4 is 11.1 Å². The van der Waals surface area contributed by atoms with Crippen LogP contribution in [0, 0.1) is 12.3 Å². The molecule has 0 spiro atoms. The van der Waals surface area contributed by atoms with E-state index in [1.165, 1.54) is 16.5 Å². The molecule has 0 unspecified atom stereocenters. The number of fused-ring (bicyclic) bond motifs is 1. The number of aryl methyl sites for hydroxylation is 2. The highest BCUT2D eigenvalue weighted by molar-refractivity contribution is 7.18. The van der Waals surface area contributed by atoms with Crippen LogP contribution in [0.1, 0.15) is 22.7 Å². The summed E-state index contributed by atoms with van der Waals surface area (Å²) in [6.07, 6.45) is 4.68. The van der Waals surface area contributed by atoms with Crippen molar-refractivity contribution in [1.82, 2.24) is 9.97 Å². The zero-order valence-electron chi connectivity index (χ0n) is 14.1. The average molecular weight is 351 g/mol. The molecule has 2 heterocycles. The lowest BCUT2D eigenvalue weighted by Gasteiger charge is -2.09. The van der Waals surface area contributed by atoms with Gasteiger partial charge in [-0.2, -0.15) is 0 Å². The molecule has 0 amide bonds. The van der Waals surface area contributed by atoms with E-state index >= 15 is 0 Å². The van der Waals surface area contributed by atoms with E-state index in [9.17, 15) is 0 Å². The van der Waals surface area contributed by atoms with Crippen molar-refractivity contribution in [2.24, 2.45) is 5.73 Å². The first-order chi connectivity index (χ1) is 12.2. The van der Waals surface area contributed by atoms with Crippen LogP contribution in [-0.2, 0) is 6.42 Å². The molecule has 0 aliphatic carbocycles. The van der Waals surface area contributed by atoms with Gasteiger partial charge in [-0.1, -0.05) is 30.3 Å². The molecule has 0 fully saturated rings. The van der Waals surface area contributed by atoms with Crippen molar-refractivity contribution in [3.05, 3.63) is 58.7 Å². The molecule has 128 valence electrons. The lowest BCUT2D eigenvalue weighted by atomic mass is 10.1. The molecule has 0 bridgehead atoms. The van der Waals surface area contributed by atoms with Gasteiger partial charge < -0.3 is 16.5 Å². The second-order valence-electron chi connectivity index (χ2n) is 5.78. The number of nitrogens with two attached hydrogens (primary N) is 1. The van der Waals surface area contributed by atoms with Crippen LogP contribution in [0.4, 0.5) is 5.82 Å². The van der Waals surface area contributed by atoms with Gasteiger partial charge >= 0.3 is 0 Å². The predicted molar refractivity (Wildman–Crippen MR) is 106 cm³/mol. The Morgan fingerprint density at radius 1 is 1.28 bits per heavy atom. The Morgan fingerprint density at radius 2 is 2.08 bits per heavy atom. The monoisotopic (exact) mass is 351 g/mol. The van der Waals surface area contributed by atoms with E-state index < -0.39 is 0 Å². The second kappa shape index (κ2) is 7.90. The summed E-state index contributed by atoms with van der Waals surface area (Å²) in [5, 5.41) is 11.6. The Bertz CT molecular complexity index is 899. The lowest BCUT2D eigenvalue weighted by molar-refractivity contribution is 0.859. The molecule has 0 radical (unpaired) electrons. The Balaban J connectivity index is 1.77. The van der Waals surface area contributed by atoms with Crippen LogP contribution in [0.5, 0.6) is 0 Å². The largest absolute Gasteiger partial charge is 0.396 e. The van der Waals surface area contributed by atoms with Crippen molar-refractivity contribution in [3.8, 4) is 0 Å². The minimum Gasteiger partial charge on any atom is -0.396 e. The molecule has 5 nitrogen and oxygen atoms in total. The van der Waals surface area contributed by atoms with E-state index in [1.54, 1.807) is 11.3 Å². The van der Waals surface area contributed by atoms with Crippen molar-refractivity contribution >= 4 is 39.3 Å². The minimum atomic E-state index is 0.398. The first-order valence-electron chi connectivity index (χ1n) is 8.20. The van der Waals surface area contributed by atoms with Crippen LogP contribution in [0.15, 0.2) is 42.5 Å². The van der Waals surface area contributed by atoms with Crippen LogP contribution in [0.2, 0.25) is 0 Å². The van der Waals surface area contributed by atoms with Crippen LogP contribution >= 0.6 is 11.3 Å². The van der Waals surface area contributed by atoms with E-state index in [0.717, 1.165) is 41.6 Å². The molecule has 2 aromatic heterocycles. The Hall–Kier alpha value is -2.73. The molecule has 1 aromatic carbocycles. The third-order valence-electron chi connectivity index (χ3n) is 3.81. The van der Waals surface area contributed by atoms with Gasteiger partial charge in [0, 0.05) is 17.6 Å². The fraction of sp³-hybridized carbons (Fsp3) is 0.211. The van der Waals surface area contributed by atoms with Crippen molar-refractivity contribution in [1.29, 1.82) is 5.41 Å². The van der Waals surface area contributed by atoms with Crippen molar-refractivity contribution in [2.45, 2.75) is 19.8 Å². The van der Waals surface area contributed by atoms with Gasteiger partial charge in [-0.25, -0.2) is 9.97 Å². The van der Waals surface area contributed by atoms with Crippen LogP contribution in [0.25, 0.3) is 15.9 Å². The molecule has 0 atom stereocenters. The summed E-state index contributed by atoms with van der Waals surface area (Å²) >= 11 is 1.62. The molecule has 6 heteroatoms. The third-order valence-corrected chi connectivity index (χ3v) is 4.76. The SMILES string of the molecule is Cc1cc2c(NCCCc3ccccc3)nc(/C(N)=C/C=N)nc2s1. The Kier molecular flexibility index (Phi) is 5.40. The maximum Gasteiger partial charge on any atom is 0.178 e. The number of hydrogen-bond donors (Lipinski definition) is 3. The summed E-state index contributed by atoms with van der Waals surface area (Å²) in [6.45, 7) is 2.88. The van der Waals surface area contributed by atoms with Gasteiger partial charge in [-0.15, -0.1) is 11.3 Å². The highest BCUT2D eigenvalue weighted by atomic mass is 32.1. The molecule has 4 N–H and O–H groups in total. The summed E-state index contributed by atoms with van der Waals surface area (Å²) in [7, 11) is 0. The first kappa shape index (κ1) is 17.1. The number of nitrogens with one attached hydrogen (secondary N) is 2. The first-order valence-corrected chi connectivity index (χ1v) is 9.01. The molecular formula is C19H21N5S. The molecule has 3 aromatic rings. The van der Waals surface area contributed by atoms with Crippen molar-refractivity contribution in [3.63, 3.8) is 0 Å². The summed E-state index contributed by atoms with van der Waals surface area (Å²) in [5.74, 6) is 1.27. The molecule has 3 rings (SSSR count). The Morgan fingerprint density at radius 3 is 2.84 bits per heavy atom. The highest BCUT2D eigenvalue weighted by Gasteiger charge is 2.11. The molecule has 0 aliphatic heterocycles. The third kappa shape index (κ3) is 4.22. The number of anilines is 1. The van der Waals surface area contributed by atoms with Crippen LogP contribution in [-0.4, -0.2) is 22.7 Å². The number of aromatic nitrogens is 2. The van der Waals surface area contributed by atoms with E-state index in [2.05, 4.69) is 52.5 Å². The predicted octanol–water partition coefficient (Wildman–Crippen LogP) is 3.99.